The van der Waals surface area contributed by atoms with Crippen LogP contribution in [0.5, 0.6) is 11.5 Å². The normalized spacial score (nSPS) is 12.6. The number of phenolic OH excluding ortho intramolecular Hbond substituents is 1. The summed E-state index contributed by atoms with van der Waals surface area (Å²) >= 11 is 0. The number of ether oxygens (including phenoxy) is 4. The van der Waals surface area contributed by atoms with Crippen molar-refractivity contribution in [1.82, 2.24) is 0 Å². The summed E-state index contributed by atoms with van der Waals surface area (Å²) in [5, 5.41) is 49.1. The molecule has 0 radical (unpaired) electrons. The molecule has 292 valence electrons. The molecule has 5 aromatic carbocycles. The number of carbonyl (C=O) groups is 2. The van der Waals surface area contributed by atoms with Crippen LogP contribution in [0.4, 0.5) is 5.69 Å². The maximum Gasteiger partial charge on any atom is 0.305 e. The zero-order valence-electron chi connectivity index (χ0n) is 31.4. The monoisotopic (exact) mass is 757 g/mol. The first-order valence-corrected chi connectivity index (χ1v) is 18.6. The molecule has 5 aromatic rings. The lowest BCUT2D eigenvalue weighted by molar-refractivity contribution is -0.145. The standard InChI is InChI=1S/C42H47NO12/c1-22-16-26-25(8-4-5-9-30(48)55-15-14-52-2)40(50)36-28(43-11-6-10-31(49)54-13-7-12-44)18-23(20-45)32-33-24(21-46)19-29(47)37-39(33)35(34(26)38(32)36)27(17-22)42(53-3)41(37)51/h16,18-19,43-46,51H,4-15,17,20-21H2,1-3H3. The van der Waals surface area contributed by atoms with Crippen LogP contribution in [0.3, 0.4) is 0 Å². The molecule has 0 amide bonds. The number of esters is 2. The van der Waals surface area contributed by atoms with Crippen LogP contribution in [-0.2, 0) is 49.9 Å². The van der Waals surface area contributed by atoms with Gasteiger partial charge in [0.1, 0.15) is 6.61 Å². The second-order valence-corrected chi connectivity index (χ2v) is 13.9. The number of fused-ring (bicyclic) bond motifs is 1. The Morgan fingerprint density at radius 2 is 1.44 bits per heavy atom. The van der Waals surface area contributed by atoms with Crippen LogP contribution in [0.15, 0.2) is 27.3 Å². The van der Waals surface area contributed by atoms with Gasteiger partial charge in [-0.1, -0.05) is 11.6 Å². The number of anilines is 1. The average molecular weight is 758 g/mol. The molecule has 1 aliphatic rings. The van der Waals surface area contributed by atoms with Gasteiger partial charge in [0.05, 0.1) is 44.3 Å². The Bertz CT molecular complexity index is 2400. The molecule has 0 saturated carbocycles. The lowest BCUT2D eigenvalue weighted by Crippen LogP contribution is -2.17. The third kappa shape index (κ3) is 7.37. The van der Waals surface area contributed by atoms with E-state index in [2.05, 4.69) is 5.32 Å². The van der Waals surface area contributed by atoms with Crippen molar-refractivity contribution >= 4 is 66.8 Å². The van der Waals surface area contributed by atoms with E-state index in [9.17, 15) is 29.7 Å². The van der Waals surface area contributed by atoms with E-state index in [0.717, 1.165) is 5.57 Å². The Morgan fingerprint density at radius 1 is 0.764 bits per heavy atom. The molecule has 0 spiro atoms. The lowest BCUT2D eigenvalue weighted by Gasteiger charge is -2.25. The highest BCUT2D eigenvalue weighted by Crippen LogP contribution is 2.53. The average Bonchev–Trinajstić information content (AvgIpc) is 3.32. The molecule has 13 heteroatoms. The quantitative estimate of drug-likeness (QED) is 0.0340. The highest BCUT2D eigenvalue weighted by Gasteiger charge is 2.32. The van der Waals surface area contributed by atoms with Gasteiger partial charge in [0.25, 0.3) is 0 Å². The molecule has 0 saturated heterocycles. The van der Waals surface area contributed by atoms with E-state index >= 15 is 4.79 Å². The van der Waals surface area contributed by atoms with Crippen molar-refractivity contribution in [3.63, 3.8) is 0 Å². The summed E-state index contributed by atoms with van der Waals surface area (Å²) in [6.07, 6.45) is 4.51. The van der Waals surface area contributed by atoms with Crippen molar-refractivity contribution in [3.05, 3.63) is 66.0 Å². The molecular weight excluding hydrogens is 710 g/mol. The number of rotatable bonds is 19. The minimum Gasteiger partial charge on any atom is -0.504 e. The molecule has 0 fully saturated rings. The Balaban J connectivity index is 1.63. The summed E-state index contributed by atoms with van der Waals surface area (Å²) in [6.45, 7) is 1.71. The van der Waals surface area contributed by atoms with E-state index in [-0.39, 0.29) is 73.1 Å². The molecule has 6 rings (SSSR count). The van der Waals surface area contributed by atoms with E-state index in [1.165, 1.54) is 20.3 Å². The van der Waals surface area contributed by atoms with Gasteiger partial charge in [-0.05, 0) is 89.4 Å². The molecule has 0 atom stereocenters. The van der Waals surface area contributed by atoms with E-state index < -0.39 is 24.6 Å². The van der Waals surface area contributed by atoms with Gasteiger partial charge in [-0.3, -0.25) is 19.2 Å². The fraction of sp³-hybridized carbons (Fsp3) is 0.429. The van der Waals surface area contributed by atoms with Crippen molar-refractivity contribution in [2.75, 3.05) is 52.5 Å². The number of hydrogen-bond acceptors (Lipinski definition) is 13. The second-order valence-electron chi connectivity index (χ2n) is 13.9. The molecule has 13 nitrogen and oxygen atoms in total. The molecule has 5 N–H and O–H groups in total. The van der Waals surface area contributed by atoms with Gasteiger partial charge in [-0.25, -0.2) is 0 Å². The van der Waals surface area contributed by atoms with Crippen LogP contribution in [0.25, 0.3) is 49.2 Å². The number of methoxy groups -OCH3 is 2. The zero-order valence-corrected chi connectivity index (χ0v) is 31.4. The number of allylic oxidation sites excluding steroid dienone is 1. The number of aliphatic hydroxyl groups is 3. The highest BCUT2D eigenvalue weighted by atomic mass is 16.6. The van der Waals surface area contributed by atoms with Crippen molar-refractivity contribution in [2.24, 2.45) is 0 Å². The number of unbranched alkanes of at least 4 members (excludes halogenated alkanes) is 1. The maximum absolute atomic E-state index is 15.0. The molecule has 0 heterocycles. The maximum atomic E-state index is 15.0. The van der Waals surface area contributed by atoms with E-state index in [1.54, 1.807) is 6.07 Å². The summed E-state index contributed by atoms with van der Waals surface area (Å²) in [4.78, 5) is 53.5. The van der Waals surface area contributed by atoms with Crippen molar-refractivity contribution in [2.45, 2.75) is 71.5 Å². The fourth-order valence-corrected chi connectivity index (χ4v) is 8.03. The number of aromatic hydroxyl groups is 1. The third-order valence-electron chi connectivity index (χ3n) is 10.3. The molecule has 0 aromatic heterocycles. The first-order valence-electron chi connectivity index (χ1n) is 18.6. The Morgan fingerprint density at radius 3 is 2.11 bits per heavy atom. The van der Waals surface area contributed by atoms with Gasteiger partial charge in [0.2, 0.25) is 0 Å². The number of aliphatic hydroxyl groups excluding tert-OH is 3. The molecular formula is C42H47NO12. The first-order chi connectivity index (χ1) is 26.6. The second kappa shape index (κ2) is 17.2. The topological polar surface area (TPSA) is 198 Å². The molecule has 0 aliphatic heterocycles. The van der Waals surface area contributed by atoms with Crippen LogP contribution in [-0.4, -0.2) is 79.6 Å². The van der Waals surface area contributed by atoms with Gasteiger partial charge >= 0.3 is 11.9 Å². The van der Waals surface area contributed by atoms with Crippen molar-refractivity contribution < 1.29 is 49.0 Å². The molecule has 55 heavy (non-hydrogen) atoms. The molecule has 0 unspecified atom stereocenters. The highest BCUT2D eigenvalue weighted by molar-refractivity contribution is 6.38. The van der Waals surface area contributed by atoms with Crippen LogP contribution < -0.4 is 20.9 Å². The minimum absolute atomic E-state index is 0.0174. The summed E-state index contributed by atoms with van der Waals surface area (Å²) in [7, 11) is 2.95. The Kier molecular flexibility index (Phi) is 12.4. The largest absolute Gasteiger partial charge is 0.504 e. The van der Waals surface area contributed by atoms with E-state index in [1.807, 2.05) is 13.0 Å². The van der Waals surface area contributed by atoms with Crippen LogP contribution >= 0.6 is 0 Å². The van der Waals surface area contributed by atoms with Gasteiger partial charge in [-0.15, -0.1) is 0 Å². The number of nitrogens with one attached hydrogen (secondary N) is 1. The summed E-state index contributed by atoms with van der Waals surface area (Å²) in [6, 6.07) is 2.97. The summed E-state index contributed by atoms with van der Waals surface area (Å²) in [5.41, 5.74) is 3.04. The Labute approximate surface area is 316 Å². The van der Waals surface area contributed by atoms with Crippen molar-refractivity contribution in [1.29, 1.82) is 0 Å². The first kappa shape index (κ1) is 39.6. The SMILES string of the molecule is COCCOC(=O)CCCCc1c2c3c4c(c(OC)c(O)c5c(=O)cc(CO)c(c6c(CO)cc(NCCCC(=O)OCCCO)c(c1=O)c63)c54)CC(C)=C2. The zero-order chi connectivity index (χ0) is 39.4. The number of carbonyl (C=O) groups excluding carboxylic acids is 2. The summed E-state index contributed by atoms with van der Waals surface area (Å²) < 4.78 is 21.2. The van der Waals surface area contributed by atoms with Crippen LogP contribution in [0.2, 0.25) is 0 Å². The fourth-order valence-electron chi connectivity index (χ4n) is 8.03. The van der Waals surface area contributed by atoms with E-state index in [4.69, 9.17) is 24.1 Å². The third-order valence-corrected chi connectivity index (χ3v) is 10.3. The lowest BCUT2D eigenvalue weighted by atomic mass is 9.80. The smallest absolute Gasteiger partial charge is 0.305 e. The van der Waals surface area contributed by atoms with Gasteiger partial charge in [0.15, 0.2) is 22.4 Å². The molecule has 1 aliphatic carbocycles. The van der Waals surface area contributed by atoms with E-state index in [0.29, 0.717) is 111 Å². The summed E-state index contributed by atoms with van der Waals surface area (Å²) in [5.74, 6) is -0.951. The predicted molar refractivity (Wildman–Crippen MR) is 210 cm³/mol. The van der Waals surface area contributed by atoms with Gasteiger partial charge in [-0.2, -0.15) is 0 Å². The minimum atomic E-state index is -0.515. The number of phenols is 1. The Hall–Kier alpha value is -5.08. The molecule has 0 bridgehead atoms. The van der Waals surface area contributed by atoms with Gasteiger partial charge < -0.3 is 44.7 Å². The van der Waals surface area contributed by atoms with Crippen LogP contribution in [0, 0.1) is 0 Å². The van der Waals surface area contributed by atoms with Crippen LogP contribution in [0.1, 0.15) is 73.3 Å². The van der Waals surface area contributed by atoms with Gasteiger partial charge in [0, 0.05) is 67.1 Å². The number of benzene rings is 5. The predicted octanol–water partition coefficient (Wildman–Crippen LogP) is 4.57. The van der Waals surface area contributed by atoms with Crippen molar-refractivity contribution in [3.8, 4) is 11.5 Å². The number of hydrogen-bond donors (Lipinski definition) is 5.